The third-order valence-corrected chi connectivity index (χ3v) is 5.52. The molecule has 3 aromatic heterocycles. The van der Waals surface area contributed by atoms with Crippen molar-refractivity contribution in [1.29, 1.82) is 0 Å². The van der Waals surface area contributed by atoms with Gasteiger partial charge in [0, 0.05) is 29.9 Å². The molecular weight excluding hydrogens is 386 g/mol. The molecule has 0 saturated carbocycles. The monoisotopic (exact) mass is 413 g/mol. The molecule has 0 unspecified atom stereocenters. The van der Waals surface area contributed by atoms with E-state index in [1.165, 1.54) is 5.56 Å². The van der Waals surface area contributed by atoms with Crippen LogP contribution in [-0.4, -0.2) is 25.8 Å². The first-order valence-corrected chi connectivity index (χ1v) is 10.5. The summed E-state index contributed by atoms with van der Waals surface area (Å²) in [7, 11) is 0. The normalized spacial score (nSPS) is 11.6. The standard InChI is InChI=1S/C25H27N5O/c1-5-16-12-17(22-20-10-11-26-23(20)30-15-29-22)6-7-18(16)13-28-24(31)21-9-8-19(14-27-21)25(2,3)4/h6-12,14-15H,5,13H2,1-4H3,(H,28,31)(H,26,29,30). The lowest BCUT2D eigenvalue weighted by Gasteiger charge is -2.18. The molecule has 158 valence electrons. The first-order valence-electron chi connectivity index (χ1n) is 10.5. The van der Waals surface area contributed by atoms with E-state index >= 15 is 0 Å². The van der Waals surface area contributed by atoms with Crippen molar-refractivity contribution in [2.75, 3.05) is 0 Å². The molecule has 1 amide bonds. The van der Waals surface area contributed by atoms with E-state index in [0.29, 0.717) is 12.2 Å². The third-order valence-electron chi connectivity index (χ3n) is 5.52. The second-order valence-corrected chi connectivity index (χ2v) is 8.66. The molecule has 6 nitrogen and oxygen atoms in total. The zero-order valence-electron chi connectivity index (χ0n) is 18.4. The van der Waals surface area contributed by atoms with Crippen LogP contribution in [0.1, 0.15) is 54.9 Å². The summed E-state index contributed by atoms with van der Waals surface area (Å²) in [6.07, 6.45) is 6.09. The van der Waals surface area contributed by atoms with E-state index in [-0.39, 0.29) is 11.3 Å². The largest absolute Gasteiger partial charge is 0.347 e. The molecule has 0 spiro atoms. The van der Waals surface area contributed by atoms with Crippen LogP contribution < -0.4 is 5.32 Å². The Morgan fingerprint density at radius 3 is 2.58 bits per heavy atom. The van der Waals surface area contributed by atoms with Gasteiger partial charge in [0.2, 0.25) is 0 Å². The molecule has 0 radical (unpaired) electrons. The van der Waals surface area contributed by atoms with Crippen LogP contribution in [0.4, 0.5) is 0 Å². The molecule has 2 N–H and O–H groups in total. The lowest BCUT2D eigenvalue weighted by molar-refractivity contribution is 0.0945. The molecule has 0 saturated heterocycles. The number of nitrogens with zero attached hydrogens (tertiary/aromatic N) is 3. The fourth-order valence-electron chi connectivity index (χ4n) is 3.62. The zero-order valence-corrected chi connectivity index (χ0v) is 18.4. The summed E-state index contributed by atoms with van der Waals surface area (Å²) in [6, 6.07) is 12.0. The van der Waals surface area contributed by atoms with Gasteiger partial charge in [0.25, 0.3) is 5.91 Å². The number of aromatic amines is 1. The number of fused-ring (bicyclic) bond motifs is 1. The lowest BCUT2D eigenvalue weighted by Crippen LogP contribution is -2.24. The van der Waals surface area contributed by atoms with Gasteiger partial charge in [-0.25, -0.2) is 9.97 Å². The van der Waals surface area contributed by atoms with E-state index in [0.717, 1.165) is 39.8 Å². The average Bonchev–Trinajstić information content (AvgIpc) is 3.26. The van der Waals surface area contributed by atoms with Crippen molar-refractivity contribution in [2.45, 2.75) is 46.1 Å². The highest BCUT2D eigenvalue weighted by Gasteiger charge is 2.16. The van der Waals surface area contributed by atoms with Crippen molar-refractivity contribution in [3.8, 4) is 11.3 Å². The summed E-state index contributed by atoms with van der Waals surface area (Å²) < 4.78 is 0. The molecule has 4 aromatic rings. The number of hydrogen-bond donors (Lipinski definition) is 2. The average molecular weight is 414 g/mol. The van der Waals surface area contributed by atoms with Crippen molar-refractivity contribution in [1.82, 2.24) is 25.3 Å². The highest BCUT2D eigenvalue weighted by molar-refractivity contribution is 5.92. The first kappa shape index (κ1) is 20.7. The van der Waals surface area contributed by atoms with Crippen LogP contribution in [0.3, 0.4) is 0 Å². The molecule has 6 heteroatoms. The lowest BCUT2D eigenvalue weighted by atomic mass is 9.88. The van der Waals surface area contributed by atoms with Crippen LogP contribution in [0.15, 0.2) is 55.1 Å². The van der Waals surface area contributed by atoms with Gasteiger partial charge in [-0.2, -0.15) is 0 Å². The molecule has 1 aromatic carbocycles. The van der Waals surface area contributed by atoms with Crippen molar-refractivity contribution in [3.63, 3.8) is 0 Å². The fraction of sp³-hybridized carbons (Fsp3) is 0.280. The maximum absolute atomic E-state index is 12.6. The minimum atomic E-state index is -0.170. The van der Waals surface area contributed by atoms with Crippen LogP contribution in [0, 0.1) is 0 Å². The smallest absolute Gasteiger partial charge is 0.270 e. The first-order chi connectivity index (χ1) is 14.9. The van der Waals surface area contributed by atoms with Gasteiger partial charge in [0.05, 0.1) is 5.69 Å². The van der Waals surface area contributed by atoms with E-state index in [2.05, 4.69) is 65.1 Å². The van der Waals surface area contributed by atoms with Gasteiger partial charge in [0.1, 0.15) is 17.7 Å². The predicted molar refractivity (Wildman–Crippen MR) is 123 cm³/mol. The molecule has 0 aliphatic carbocycles. The van der Waals surface area contributed by atoms with Gasteiger partial charge in [-0.05, 0) is 46.7 Å². The van der Waals surface area contributed by atoms with Crippen LogP contribution >= 0.6 is 0 Å². The number of pyridine rings is 1. The number of aromatic nitrogens is 4. The van der Waals surface area contributed by atoms with E-state index < -0.39 is 0 Å². The van der Waals surface area contributed by atoms with Crippen LogP contribution in [0.25, 0.3) is 22.3 Å². The van der Waals surface area contributed by atoms with Crippen LogP contribution in [-0.2, 0) is 18.4 Å². The van der Waals surface area contributed by atoms with Crippen LogP contribution in [0.5, 0.6) is 0 Å². The molecule has 0 bridgehead atoms. The number of aryl methyl sites for hydroxylation is 1. The SMILES string of the molecule is CCc1cc(-c2ncnc3[nH]ccc23)ccc1CNC(=O)c1ccc(C(C)(C)C)cn1. The number of hydrogen-bond acceptors (Lipinski definition) is 4. The molecule has 0 aliphatic heterocycles. The molecule has 4 rings (SSSR count). The second kappa shape index (κ2) is 8.30. The Kier molecular flexibility index (Phi) is 5.55. The summed E-state index contributed by atoms with van der Waals surface area (Å²) >= 11 is 0. The molecule has 0 fully saturated rings. The quantitative estimate of drug-likeness (QED) is 0.492. The highest BCUT2D eigenvalue weighted by Crippen LogP contribution is 2.27. The van der Waals surface area contributed by atoms with E-state index in [1.54, 1.807) is 18.6 Å². The summed E-state index contributed by atoms with van der Waals surface area (Å²) in [4.78, 5) is 28.8. The molecular formula is C25H27N5O. The Labute approximate surface area is 182 Å². The Balaban J connectivity index is 1.51. The minimum absolute atomic E-state index is 0.00935. The Hall–Kier alpha value is -3.54. The number of nitrogens with one attached hydrogen (secondary N) is 2. The summed E-state index contributed by atoms with van der Waals surface area (Å²) in [5.74, 6) is -0.170. The molecule has 31 heavy (non-hydrogen) atoms. The topological polar surface area (TPSA) is 83.6 Å². The number of rotatable bonds is 5. The number of H-pyrrole nitrogens is 1. The van der Waals surface area contributed by atoms with Crippen molar-refractivity contribution < 1.29 is 4.79 Å². The van der Waals surface area contributed by atoms with Crippen molar-refractivity contribution >= 4 is 16.9 Å². The predicted octanol–water partition coefficient (Wildman–Crippen LogP) is 4.81. The number of carbonyl (C=O) groups is 1. The minimum Gasteiger partial charge on any atom is -0.347 e. The van der Waals surface area contributed by atoms with Crippen molar-refractivity contribution in [2.24, 2.45) is 0 Å². The number of amides is 1. The maximum atomic E-state index is 12.6. The molecule has 0 aliphatic rings. The van der Waals surface area contributed by atoms with Gasteiger partial charge in [-0.1, -0.05) is 45.9 Å². The summed E-state index contributed by atoms with van der Waals surface area (Å²) in [6.45, 7) is 8.95. The van der Waals surface area contributed by atoms with Crippen molar-refractivity contribution in [3.05, 3.63) is 77.5 Å². The second-order valence-electron chi connectivity index (χ2n) is 8.66. The third kappa shape index (κ3) is 4.33. The number of benzene rings is 1. The maximum Gasteiger partial charge on any atom is 0.270 e. The Bertz CT molecular complexity index is 1220. The zero-order chi connectivity index (χ0) is 22.0. The van der Waals surface area contributed by atoms with Gasteiger partial charge in [-0.3, -0.25) is 9.78 Å². The Morgan fingerprint density at radius 2 is 1.87 bits per heavy atom. The van der Waals surface area contributed by atoms with E-state index in [4.69, 9.17) is 0 Å². The molecule has 3 heterocycles. The summed E-state index contributed by atoms with van der Waals surface area (Å²) in [5.41, 5.74) is 6.58. The van der Waals surface area contributed by atoms with E-state index in [1.807, 2.05) is 24.4 Å². The van der Waals surface area contributed by atoms with Gasteiger partial charge < -0.3 is 10.3 Å². The molecule has 0 atom stereocenters. The van der Waals surface area contributed by atoms with Gasteiger partial charge >= 0.3 is 0 Å². The van der Waals surface area contributed by atoms with Gasteiger partial charge in [-0.15, -0.1) is 0 Å². The highest BCUT2D eigenvalue weighted by atomic mass is 16.1. The Morgan fingerprint density at radius 1 is 1.03 bits per heavy atom. The van der Waals surface area contributed by atoms with E-state index in [9.17, 15) is 4.79 Å². The number of carbonyl (C=O) groups excluding carboxylic acids is 1. The summed E-state index contributed by atoms with van der Waals surface area (Å²) in [5, 5.41) is 4.00. The van der Waals surface area contributed by atoms with Gasteiger partial charge in [0.15, 0.2) is 0 Å². The van der Waals surface area contributed by atoms with Crippen LogP contribution in [0.2, 0.25) is 0 Å². The fourth-order valence-corrected chi connectivity index (χ4v) is 3.62.